The number of benzene rings is 2. The molecule has 1 atom stereocenters. The van der Waals surface area contributed by atoms with Crippen LogP contribution in [-0.4, -0.2) is 10.0 Å². The van der Waals surface area contributed by atoms with Crippen LogP contribution >= 0.6 is 0 Å². The lowest BCUT2D eigenvalue weighted by Gasteiger charge is -2.16. The second-order valence-electron chi connectivity index (χ2n) is 5.32. The van der Waals surface area contributed by atoms with Gasteiger partial charge in [0.2, 0.25) is 0 Å². The monoisotopic (exact) mass is 326 g/mol. The van der Waals surface area contributed by atoms with Gasteiger partial charge in [0.25, 0.3) is 5.69 Å². The molecule has 0 amide bonds. The molecule has 1 aromatic heterocycles. The van der Waals surface area contributed by atoms with Crippen LogP contribution in [0.4, 0.5) is 11.4 Å². The van der Waals surface area contributed by atoms with Gasteiger partial charge < -0.3 is 14.8 Å². The zero-order valence-corrected chi connectivity index (χ0v) is 12.7. The maximum absolute atomic E-state index is 12.2. The Kier molecular flexibility index (Phi) is 3.91. The molecular weight excluding hydrogens is 312 g/mol. The Hall–Kier alpha value is -3.35. The van der Waals surface area contributed by atoms with Gasteiger partial charge in [-0.15, -0.1) is 0 Å². The summed E-state index contributed by atoms with van der Waals surface area (Å²) in [4.78, 5) is 22.4. The van der Waals surface area contributed by atoms with Gasteiger partial charge in [-0.2, -0.15) is 0 Å². The molecule has 0 saturated heterocycles. The molecule has 0 aliphatic rings. The van der Waals surface area contributed by atoms with Crippen LogP contribution in [0.2, 0.25) is 0 Å². The highest BCUT2D eigenvalue weighted by Crippen LogP contribution is 2.31. The topological polar surface area (TPSA) is 106 Å². The number of anilines is 1. The number of rotatable bonds is 4. The molecule has 3 aromatic rings. The lowest BCUT2D eigenvalue weighted by atomic mass is 10.1. The fraction of sp³-hybridized carbons (Fsp3) is 0.118. The number of nitro benzene ring substituents is 1. The lowest BCUT2D eigenvalue weighted by molar-refractivity contribution is -0.384. The minimum absolute atomic E-state index is 0.0266. The van der Waals surface area contributed by atoms with Crippen LogP contribution in [0, 0.1) is 10.1 Å². The van der Waals surface area contributed by atoms with Crippen LogP contribution in [0.1, 0.15) is 18.5 Å². The van der Waals surface area contributed by atoms with Crippen molar-refractivity contribution in [1.29, 1.82) is 0 Å². The van der Waals surface area contributed by atoms with Gasteiger partial charge in [0.05, 0.1) is 16.4 Å². The van der Waals surface area contributed by atoms with Crippen molar-refractivity contribution in [3.63, 3.8) is 0 Å². The molecule has 7 nitrogen and oxygen atoms in total. The highest BCUT2D eigenvalue weighted by atomic mass is 16.6. The molecule has 24 heavy (non-hydrogen) atoms. The van der Waals surface area contributed by atoms with E-state index in [0.29, 0.717) is 16.7 Å². The third-order valence-corrected chi connectivity index (χ3v) is 3.71. The fourth-order valence-electron chi connectivity index (χ4n) is 2.53. The molecule has 0 saturated carbocycles. The van der Waals surface area contributed by atoms with Gasteiger partial charge >= 0.3 is 5.63 Å². The zero-order valence-electron chi connectivity index (χ0n) is 12.7. The summed E-state index contributed by atoms with van der Waals surface area (Å²) >= 11 is 0. The number of nitro groups is 1. The number of aromatic hydroxyl groups is 1. The van der Waals surface area contributed by atoms with Crippen molar-refractivity contribution in [2.24, 2.45) is 0 Å². The highest BCUT2D eigenvalue weighted by molar-refractivity contribution is 5.84. The maximum Gasteiger partial charge on any atom is 0.345 e. The van der Waals surface area contributed by atoms with Gasteiger partial charge in [0.15, 0.2) is 0 Å². The van der Waals surface area contributed by atoms with Crippen molar-refractivity contribution in [2.45, 2.75) is 13.0 Å². The van der Waals surface area contributed by atoms with Crippen molar-refractivity contribution in [1.82, 2.24) is 0 Å². The molecular formula is C17H14N2O5. The Balaban J connectivity index is 1.95. The summed E-state index contributed by atoms with van der Waals surface area (Å²) in [6.07, 6.45) is 0. The van der Waals surface area contributed by atoms with Crippen LogP contribution in [0.3, 0.4) is 0 Å². The number of para-hydroxylation sites is 1. The number of non-ortho nitro benzene ring substituents is 1. The third-order valence-electron chi connectivity index (χ3n) is 3.71. The SMILES string of the molecule is CC(Nc1ccc([N+](=O)[O-])cc1)c1c(O)c2ccccc2oc1=O. The first kappa shape index (κ1) is 15.5. The summed E-state index contributed by atoms with van der Waals surface area (Å²) < 4.78 is 5.24. The molecule has 1 unspecified atom stereocenters. The quantitative estimate of drug-likeness (QED) is 0.431. The van der Waals surface area contributed by atoms with Crippen molar-refractivity contribution in [2.75, 3.05) is 5.32 Å². The smallest absolute Gasteiger partial charge is 0.345 e. The second kappa shape index (κ2) is 6.04. The molecule has 2 N–H and O–H groups in total. The molecule has 1 heterocycles. The van der Waals surface area contributed by atoms with E-state index in [0.717, 1.165) is 0 Å². The van der Waals surface area contributed by atoms with Gasteiger partial charge in [0.1, 0.15) is 16.9 Å². The molecule has 7 heteroatoms. The third kappa shape index (κ3) is 2.79. The molecule has 0 aliphatic heterocycles. The average Bonchev–Trinajstić information content (AvgIpc) is 2.55. The normalized spacial score (nSPS) is 12.0. The van der Waals surface area contributed by atoms with E-state index < -0.39 is 16.6 Å². The first-order chi connectivity index (χ1) is 11.5. The number of nitrogens with zero attached hydrogens (tertiary/aromatic N) is 1. The average molecular weight is 326 g/mol. The number of fused-ring (bicyclic) bond motifs is 1. The minimum atomic E-state index is -0.631. The molecule has 0 radical (unpaired) electrons. The summed E-state index contributed by atoms with van der Waals surface area (Å²) in [5.41, 5.74) is 0.341. The summed E-state index contributed by atoms with van der Waals surface area (Å²) in [6, 6.07) is 12.0. The van der Waals surface area contributed by atoms with E-state index in [4.69, 9.17) is 4.42 Å². The van der Waals surface area contributed by atoms with Gasteiger partial charge in [0, 0.05) is 17.8 Å². The van der Waals surface area contributed by atoms with E-state index in [1.165, 1.54) is 24.3 Å². The Morgan fingerprint density at radius 2 is 1.83 bits per heavy atom. The fourth-order valence-corrected chi connectivity index (χ4v) is 2.53. The largest absolute Gasteiger partial charge is 0.507 e. The number of hydrogen-bond acceptors (Lipinski definition) is 6. The van der Waals surface area contributed by atoms with E-state index in [1.807, 2.05) is 0 Å². The number of nitrogens with one attached hydrogen (secondary N) is 1. The summed E-state index contributed by atoms with van der Waals surface area (Å²) in [5, 5.41) is 24.6. The molecule has 0 fully saturated rings. The Morgan fingerprint density at radius 3 is 2.50 bits per heavy atom. The van der Waals surface area contributed by atoms with E-state index in [-0.39, 0.29) is 17.0 Å². The predicted molar refractivity (Wildman–Crippen MR) is 89.3 cm³/mol. The maximum atomic E-state index is 12.2. The van der Waals surface area contributed by atoms with E-state index >= 15 is 0 Å². The Labute approximate surface area is 136 Å². The van der Waals surface area contributed by atoms with Crippen LogP contribution < -0.4 is 10.9 Å². The van der Waals surface area contributed by atoms with Gasteiger partial charge in [-0.25, -0.2) is 4.79 Å². The molecule has 3 rings (SSSR count). The first-order valence-electron chi connectivity index (χ1n) is 7.23. The minimum Gasteiger partial charge on any atom is -0.507 e. The summed E-state index contributed by atoms with van der Waals surface area (Å²) in [6.45, 7) is 1.70. The molecule has 0 bridgehead atoms. The van der Waals surface area contributed by atoms with Gasteiger partial charge in [-0.1, -0.05) is 12.1 Å². The zero-order chi connectivity index (χ0) is 17.3. The van der Waals surface area contributed by atoms with E-state index in [1.54, 1.807) is 31.2 Å². The molecule has 0 aliphatic carbocycles. The molecule has 122 valence electrons. The predicted octanol–water partition coefficient (Wildman–Crippen LogP) is 3.58. The van der Waals surface area contributed by atoms with Crippen molar-refractivity contribution >= 4 is 22.3 Å². The van der Waals surface area contributed by atoms with Crippen LogP contribution in [0.15, 0.2) is 57.7 Å². The lowest BCUT2D eigenvalue weighted by Crippen LogP contribution is -2.17. The molecule has 2 aromatic carbocycles. The summed E-state index contributed by atoms with van der Waals surface area (Å²) in [5.74, 6) is -0.135. The first-order valence-corrected chi connectivity index (χ1v) is 7.23. The van der Waals surface area contributed by atoms with E-state index in [2.05, 4.69) is 5.32 Å². The summed E-state index contributed by atoms with van der Waals surface area (Å²) in [7, 11) is 0. The molecule has 0 spiro atoms. The van der Waals surface area contributed by atoms with Crippen molar-refractivity contribution in [3.8, 4) is 5.75 Å². The van der Waals surface area contributed by atoms with Crippen LogP contribution in [0.25, 0.3) is 11.0 Å². The van der Waals surface area contributed by atoms with Crippen LogP contribution in [0.5, 0.6) is 5.75 Å². The van der Waals surface area contributed by atoms with Crippen molar-refractivity contribution in [3.05, 3.63) is 74.6 Å². The number of hydrogen-bond donors (Lipinski definition) is 2. The Morgan fingerprint density at radius 1 is 1.17 bits per heavy atom. The van der Waals surface area contributed by atoms with E-state index in [9.17, 15) is 20.0 Å². The Bertz CT molecular complexity index is 963. The van der Waals surface area contributed by atoms with Gasteiger partial charge in [-0.3, -0.25) is 10.1 Å². The van der Waals surface area contributed by atoms with Gasteiger partial charge in [-0.05, 0) is 31.2 Å². The van der Waals surface area contributed by atoms with Crippen LogP contribution in [-0.2, 0) is 0 Å². The van der Waals surface area contributed by atoms with Crippen molar-refractivity contribution < 1.29 is 14.4 Å². The standard InChI is InChI=1S/C17H14N2O5/c1-10(18-11-6-8-12(9-7-11)19(22)23)15-16(20)13-4-2-3-5-14(13)24-17(15)21/h2-10,18,20H,1H3. The second-order valence-corrected chi connectivity index (χ2v) is 5.32. The highest BCUT2D eigenvalue weighted by Gasteiger charge is 2.19.